The number of halogens is 1. The standard InChI is InChI=1S/C16H18FN3O2S/c1-3-20(4-2)15-9-5-13(6-10-15)18-19-14-7-11-16(12-8-14)23(17,21)22/h5-12H,3-4H2,1-2H3/b19-18+. The first-order valence-electron chi connectivity index (χ1n) is 7.25. The molecule has 0 amide bonds. The molecule has 0 unspecified atom stereocenters. The molecule has 7 heteroatoms. The second-order valence-electron chi connectivity index (χ2n) is 4.82. The number of hydrogen-bond acceptors (Lipinski definition) is 5. The van der Waals surface area contributed by atoms with Crippen LogP contribution < -0.4 is 4.90 Å². The van der Waals surface area contributed by atoms with Crippen LogP contribution in [0, 0.1) is 0 Å². The minimum absolute atomic E-state index is 0.389. The van der Waals surface area contributed by atoms with Crippen LogP contribution in [0.2, 0.25) is 0 Å². The van der Waals surface area contributed by atoms with Gasteiger partial charge in [-0.25, -0.2) is 0 Å². The van der Waals surface area contributed by atoms with Crippen LogP contribution in [0.25, 0.3) is 0 Å². The van der Waals surface area contributed by atoms with E-state index in [9.17, 15) is 12.3 Å². The van der Waals surface area contributed by atoms with E-state index in [1.807, 2.05) is 24.3 Å². The smallest absolute Gasteiger partial charge is 0.332 e. The maximum absolute atomic E-state index is 12.8. The first-order chi connectivity index (χ1) is 10.9. The maximum atomic E-state index is 12.8. The lowest BCUT2D eigenvalue weighted by Crippen LogP contribution is -2.21. The van der Waals surface area contributed by atoms with Gasteiger partial charge in [0.1, 0.15) is 0 Å². The molecule has 0 aromatic heterocycles. The zero-order valence-electron chi connectivity index (χ0n) is 13.0. The summed E-state index contributed by atoms with van der Waals surface area (Å²) >= 11 is 0. The molecular weight excluding hydrogens is 317 g/mol. The van der Waals surface area contributed by atoms with Crippen LogP contribution in [0.4, 0.5) is 20.9 Å². The second kappa shape index (κ2) is 7.32. The van der Waals surface area contributed by atoms with E-state index in [1.165, 1.54) is 12.1 Å². The SMILES string of the molecule is CCN(CC)c1ccc(/N=N/c2ccc(S(=O)(=O)F)cc2)cc1. The normalized spacial score (nSPS) is 11.8. The molecule has 0 bridgehead atoms. The Balaban J connectivity index is 2.11. The van der Waals surface area contributed by atoms with Gasteiger partial charge in [-0.05, 0) is 62.4 Å². The quantitative estimate of drug-likeness (QED) is 0.572. The van der Waals surface area contributed by atoms with Gasteiger partial charge in [0.15, 0.2) is 0 Å². The van der Waals surface area contributed by atoms with Gasteiger partial charge >= 0.3 is 10.2 Å². The zero-order valence-corrected chi connectivity index (χ0v) is 13.8. The van der Waals surface area contributed by atoms with Gasteiger partial charge in [-0.3, -0.25) is 0 Å². The molecule has 5 nitrogen and oxygen atoms in total. The summed E-state index contributed by atoms with van der Waals surface area (Å²) in [6.45, 7) is 6.05. The average Bonchev–Trinajstić information content (AvgIpc) is 2.55. The van der Waals surface area contributed by atoms with Gasteiger partial charge in [0.2, 0.25) is 0 Å². The fourth-order valence-corrected chi connectivity index (χ4v) is 2.57. The molecule has 2 aromatic carbocycles. The zero-order chi connectivity index (χ0) is 16.9. The summed E-state index contributed by atoms with van der Waals surface area (Å²) in [6, 6.07) is 12.8. The highest BCUT2D eigenvalue weighted by atomic mass is 32.3. The molecule has 2 rings (SSSR count). The molecule has 0 heterocycles. The molecule has 0 fully saturated rings. The molecule has 0 atom stereocenters. The highest BCUT2D eigenvalue weighted by molar-refractivity contribution is 7.86. The predicted octanol–water partition coefficient (Wildman–Crippen LogP) is 4.61. The number of rotatable bonds is 6. The summed E-state index contributed by atoms with van der Waals surface area (Å²) in [7, 11) is -4.68. The molecule has 0 N–H and O–H groups in total. The number of nitrogens with zero attached hydrogens (tertiary/aromatic N) is 3. The van der Waals surface area contributed by atoms with Crippen molar-refractivity contribution in [2.75, 3.05) is 18.0 Å². The number of hydrogen-bond donors (Lipinski definition) is 0. The Morgan fingerprint density at radius 1 is 0.870 bits per heavy atom. The topological polar surface area (TPSA) is 62.1 Å². The van der Waals surface area contributed by atoms with E-state index in [1.54, 1.807) is 0 Å². The number of azo groups is 1. The van der Waals surface area contributed by atoms with Gasteiger partial charge in [0, 0.05) is 18.8 Å². The van der Waals surface area contributed by atoms with Crippen molar-refractivity contribution in [2.24, 2.45) is 10.2 Å². The summed E-state index contributed by atoms with van der Waals surface area (Å²) in [5, 5.41) is 8.09. The first-order valence-corrected chi connectivity index (χ1v) is 8.64. The molecule has 23 heavy (non-hydrogen) atoms. The van der Waals surface area contributed by atoms with Crippen molar-refractivity contribution < 1.29 is 12.3 Å². The highest BCUT2D eigenvalue weighted by Gasteiger charge is 2.10. The molecule has 0 aliphatic carbocycles. The van der Waals surface area contributed by atoms with Crippen LogP contribution in [-0.2, 0) is 10.2 Å². The largest absolute Gasteiger partial charge is 0.372 e. The Morgan fingerprint density at radius 2 is 1.30 bits per heavy atom. The van der Waals surface area contributed by atoms with Gasteiger partial charge < -0.3 is 4.90 Å². The summed E-state index contributed by atoms with van der Waals surface area (Å²) < 4.78 is 34.2. The second-order valence-corrected chi connectivity index (χ2v) is 6.17. The van der Waals surface area contributed by atoms with Crippen molar-refractivity contribution >= 4 is 27.3 Å². The number of anilines is 1. The molecule has 0 aliphatic heterocycles. The average molecular weight is 335 g/mol. The van der Waals surface area contributed by atoms with Crippen LogP contribution in [-0.4, -0.2) is 21.5 Å². The third kappa shape index (κ3) is 4.59. The van der Waals surface area contributed by atoms with Crippen molar-refractivity contribution in [3.05, 3.63) is 48.5 Å². The Hall–Kier alpha value is -2.28. The Morgan fingerprint density at radius 3 is 1.70 bits per heavy atom. The van der Waals surface area contributed by atoms with Crippen LogP contribution in [0.15, 0.2) is 63.7 Å². The van der Waals surface area contributed by atoms with Crippen molar-refractivity contribution in [3.63, 3.8) is 0 Å². The van der Waals surface area contributed by atoms with Crippen LogP contribution in [0.1, 0.15) is 13.8 Å². The van der Waals surface area contributed by atoms with Gasteiger partial charge in [-0.15, -0.1) is 3.89 Å². The summed E-state index contributed by atoms with van der Waals surface area (Å²) in [4.78, 5) is 1.83. The summed E-state index contributed by atoms with van der Waals surface area (Å²) in [5.74, 6) is 0. The van der Waals surface area contributed by atoms with Crippen molar-refractivity contribution in [1.29, 1.82) is 0 Å². The molecule has 0 saturated heterocycles. The third-order valence-corrected chi connectivity index (χ3v) is 4.21. The van der Waals surface area contributed by atoms with E-state index < -0.39 is 10.2 Å². The van der Waals surface area contributed by atoms with Gasteiger partial charge in [-0.2, -0.15) is 18.6 Å². The fraction of sp³-hybridized carbons (Fsp3) is 0.250. The first kappa shape index (κ1) is 17.1. The van der Waals surface area contributed by atoms with Crippen LogP contribution >= 0.6 is 0 Å². The van der Waals surface area contributed by atoms with E-state index in [-0.39, 0.29) is 4.90 Å². The van der Waals surface area contributed by atoms with E-state index in [0.29, 0.717) is 11.4 Å². The van der Waals surface area contributed by atoms with Crippen LogP contribution in [0.5, 0.6) is 0 Å². The Labute approximate surface area is 135 Å². The minimum Gasteiger partial charge on any atom is -0.372 e. The van der Waals surface area contributed by atoms with Crippen molar-refractivity contribution in [1.82, 2.24) is 0 Å². The van der Waals surface area contributed by atoms with E-state index in [4.69, 9.17) is 0 Å². The molecule has 0 saturated carbocycles. The summed E-state index contributed by atoms with van der Waals surface area (Å²) in [6.07, 6.45) is 0. The van der Waals surface area contributed by atoms with Gasteiger partial charge in [0.05, 0.1) is 16.3 Å². The maximum Gasteiger partial charge on any atom is 0.332 e. The molecule has 0 aliphatic rings. The third-order valence-electron chi connectivity index (χ3n) is 3.38. The van der Waals surface area contributed by atoms with Crippen molar-refractivity contribution in [3.8, 4) is 0 Å². The highest BCUT2D eigenvalue weighted by Crippen LogP contribution is 2.23. The minimum atomic E-state index is -4.68. The van der Waals surface area contributed by atoms with Gasteiger partial charge in [0.25, 0.3) is 0 Å². The Bertz CT molecular complexity index is 768. The molecule has 2 aromatic rings. The van der Waals surface area contributed by atoms with Gasteiger partial charge in [-0.1, -0.05) is 0 Å². The lowest BCUT2D eigenvalue weighted by Gasteiger charge is -2.20. The fourth-order valence-electron chi connectivity index (χ4n) is 2.11. The van der Waals surface area contributed by atoms with E-state index >= 15 is 0 Å². The number of benzene rings is 2. The summed E-state index contributed by atoms with van der Waals surface area (Å²) in [5.41, 5.74) is 2.25. The van der Waals surface area contributed by atoms with E-state index in [2.05, 4.69) is 29.0 Å². The van der Waals surface area contributed by atoms with Crippen LogP contribution in [0.3, 0.4) is 0 Å². The monoisotopic (exact) mass is 335 g/mol. The predicted molar refractivity (Wildman–Crippen MR) is 88.9 cm³/mol. The van der Waals surface area contributed by atoms with E-state index in [0.717, 1.165) is 30.9 Å². The molecule has 0 radical (unpaired) electrons. The lowest BCUT2D eigenvalue weighted by atomic mass is 10.2. The Kier molecular flexibility index (Phi) is 5.44. The molecule has 0 spiro atoms. The lowest BCUT2D eigenvalue weighted by molar-refractivity contribution is 0.552. The molecular formula is C16H18FN3O2S. The molecule has 122 valence electrons. The van der Waals surface area contributed by atoms with Crippen molar-refractivity contribution in [2.45, 2.75) is 18.7 Å².